The fraction of sp³-hybridized carbons (Fsp3) is 0.222. The van der Waals surface area contributed by atoms with Gasteiger partial charge in [0.05, 0.1) is 10.6 Å². The number of carbonyl (C=O) groups excluding carboxylic acids is 2. The van der Waals surface area contributed by atoms with E-state index in [1.807, 2.05) is 31.2 Å². The van der Waals surface area contributed by atoms with Crippen LogP contribution in [0.15, 0.2) is 42.5 Å². The number of amides is 2. The highest BCUT2D eigenvalue weighted by atomic mass is 35.5. The molecule has 0 aliphatic carbocycles. The van der Waals surface area contributed by atoms with Gasteiger partial charge in [-0.15, -0.1) is 0 Å². The van der Waals surface area contributed by atoms with Gasteiger partial charge in [0.1, 0.15) is 6.42 Å². The molecule has 2 N–H and O–H groups in total. The van der Waals surface area contributed by atoms with Crippen molar-refractivity contribution < 1.29 is 22.8 Å². The lowest BCUT2D eigenvalue weighted by Gasteiger charge is -2.12. The maximum absolute atomic E-state index is 12.8. The van der Waals surface area contributed by atoms with Crippen molar-refractivity contribution in [1.82, 2.24) is 5.32 Å². The zero-order chi connectivity index (χ0) is 19.3. The summed E-state index contributed by atoms with van der Waals surface area (Å²) in [6, 6.07) is 10.5. The van der Waals surface area contributed by atoms with Gasteiger partial charge in [0, 0.05) is 12.2 Å². The molecule has 0 saturated heterocycles. The first-order chi connectivity index (χ1) is 12.1. The standard InChI is InChI=1S/C18H16ClF3N2O2/c1-11-2-4-12(5-3-11)10-23-16(25)9-17(26)24-13-6-7-15(19)14(8-13)18(20,21)22/h2-8H,9-10H2,1H3,(H,23,25)(H,24,26). The minimum Gasteiger partial charge on any atom is -0.352 e. The SMILES string of the molecule is Cc1ccc(CNC(=O)CC(=O)Nc2ccc(Cl)c(C(F)(F)F)c2)cc1. The molecule has 8 heteroatoms. The molecule has 4 nitrogen and oxygen atoms in total. The van der Waals surface area contributed by atoms with E-state index in [4.69, 9.17) is 11.6 Å². The van der Waals surface area contributed by atoms with Crippen molar-refractivity contribution in [3.63, 3.8) is 0 Å². The summed E-state index contributed by atoms with van der Waals surface area (Å²) in [4.78, 5) is 23.6. The molecule has 26 heavy (non-hydrogen) atoms. The summed E-state index contributed by atoms with van der Waals surface area (Å²) < 4.78 is 38.4. The Morgan fingerprint density at radius 3 is 2.31 bits per heavy atom. The van der Waals surface area contributed by atoms with Crippen LogP contribution in [0.2, 0.25) is 5.02 Å². The third kappa shape index (κ3) is 5.77. The van der Waals surface area contributed by atoms with Crippen LogP contribution in [0.25, 0.3) is 0 Å². The van der Waals surface area contributed by atoms with Crippen LogP contribution in [0.5, 0.6) is 0 Å². The summed E-state index contributed by atoms with van der Waals surface area (Å²) >= 11 is 5.51. The van der Waals surface area contributed by atoms with Gasteiger partial charge in [0.2, 0.25) is 11.8 Å². The number of anilines is 1. The minimum atomic E-state index is -4.64. The Balaban J connectivity index is 1.90. The predicted octanol–water partition coefficient (Wildman–Crippen LogP) is 4.31. The lowest BCUT2D eigenvalue weighted by molar-refractivity contribution is -0.137. The molecule has 0 fully saturated rings. The van der Waals surface area contributed by atoms with Gasteiger partial charge in [-0.05, 0) is 30.7 Å². The van der Waals surface area contributed by atoms with Crippen molar-refractivity contribution in [3.05, 3.63) is 64.2 Å². The fourth-order valence-corrected chi connectivity index (χ4v) is 2.37. The largest absolute Gasteiger partial charge is 0.417 e. The van der Waals surface area contributed by atoms with Gasteiger partial charge in [-0.2, -0.15) is 13.2 Å². The Bertz CT molecular complexity index is 805. The molecule has 0 aliphatic heterocycles. The number of alkyl halides is 3. The quantitative estimate of drug-likeness (QED) is 0.754. The smallest absolute Gasteiger partial charge is 0.352 e. The van der Waals surface area contributed by atoms with Gasteiger partial charge in [0.25, 0.3) is 0 Å². The van der Waals surface area contributed by atoms with E-state index in [0.29, 0.717) is 0 Å². The van der Waals surface area contributed by atoms with E-state index in [0.717, 1.165) is 23.3 Å². The van der Waals surface area contributed by atoms with Crippen molar-refractivity contribution in [2.45, 2.75) is 26.1 Å². The highest BCUT2D eigenvalue weighted by Gasteiger charge is 2.33. The van der Waals surface area contributed by atoms with Crippen LogP contribution >= 0.6 is 11.6 Å². The highest BCUT2D eigenvalue weighted by molar-refractivity contribution is 6.31. The number of carbonyl (C=O) groups is 2. The van der Waals surface area contributed by atoms with Crippen molar-refractivity contribution in [2.75, 3.05) is 5.32 Å². The van der Waals surface area contributed by atoms with Gasteiger partial charge in [-0.3, -0.25) is 9.59 Å². The Morgan fingerprint density at radius 1 is 1.04 bits per heavy atom. The van der Waals surface area contributed by atoms with Gasteiger partial charge in [0.15, 0.2) is 0 Å². The molecular weight excluding hydrogens is 369 g/mol. The zero-order valence-corrected chi connectivity index (χ0v) is 14.5. The van der Waals surface area contributed by atoms with E-state index in [2.05, 4.69) is 10.6 Å². The van der Waals surface area contributed by atoms with Gasteiger partial charge < -0.3 is 10.6 Å². The Morgan fingerprint density at radius 2 is 1.69 bits per heavy atom. The monoisotopic (exact) mass is 384 g/mol. The maximum Gasteiger partial charge on any atom is 0.417 e. The van der Waals surface area contributed by atoms with E-state index in [1.54, 1.807) is 0 Å². The van der Waals surface area contributed by atoms with Crippen molar-refractivity contribution in [1.29, 1.82) is 0 Å². The average Bonchev–Trinajstić information content (AvgIpc) is 2.55. The second-order valence-corrected chi connectivity index (χ2v) is 6.09. The molecule has 0 unspecified atom stereocenters. The molecule has 0 saturated carbocycles. The molecule has 0 heterocycles. The molecule has 0 radical (unpaired) electrons. The molecule has 2 rings (SSSR count). The molecule has 0 bridgehead atoms. The van der Waals surface area contributed by atoms with Crippen molar-refractivity contribution >= 4 is 29.1 Å². The van der Waals surface area contributed by atoms with Crippen molar-refractivity contribution in [3.8, 4) is 0 Å². The van der Waals surface area contributed by atoms with Crippen LogP contribution in [0, 0.1) is 6.92 Å². The molecule has 138 valence electrons. The summed E-state index contributed by atoms with van der Waals surface area (Å²) in [6.07, 6.45) is -5.14. The lowest BCUT2D eigenvalue weighted by Crippen LogP contribution is -2.27. The molecular formula is C18H16ClF3N2O2. The van der Waals surface area contributed by atoms with E-state index >= 15 is 0 Å². The number of rotatable bonds is 5. The summed E-state index contributed by atoms with van der Waals surface area (Å²) in [5.74, 6) is -1.25. The Kier molecular flexibility index (Phi) is 6.26. The van der Waals surface area contributed by atoms with Crippen LogP contribution in [0.3, 0.4) is 0 Å². The van der Waals surface area contributed by atoms with Gasteiger partial charge in [-0.1, -0.05) is 41.4 Å². The molecule has 0 aliphatic rings. The van der Waals surface area contributed by atoms with Crippen LogP contribution < -0.4 is 10.6 Å². The lowest BCUT2D eigenvalue weighted by atomic mass is 10.1. The maximum atomic E-state index is 12.8. The number of hydrogen-bond acceptors (Lipinski definition) is 2. The minimum absolute atomic E-state index is 0.0851. The third-order valence-corrected chi connectivity index (χ3v) is 3.82. The van der Waals surface area contributed by atoms with E-state index in [1.165, 1.54) is 6.07 Å². The molecule has 2 amide bonds. The first-order valence-electron chi connectivity index (χ1n) is 7.64. The van der Waals surface area contributed by atoms with E-state index < -0.39 is 35.0 Å². The van der Waals surface area contributed by atoms with E-state index in [9.17, 15) is 22.8 Å². The number of halogens is 4. The van der Waals surface area contributed by atoms with Crippen LogP contribution in [-0.2, 0) is 22.3 Å². The summed E-state index contributed by atoms with van der Waals surface area (Å²) in [6.45, 7) is 2.19. The van der Waals surface area contributed by atoms with Crippen molar-refractivity contribution in [2.24, 2.45) is 0 Å². The third-order valence-electron chi connectivity index (χ3n) is 3.49. The first-order valence-corrected chi connectivity index (χ1v) is 8.02. The number of aryl methyl sites for hydroxylation is 1. The molecule has 0 spiro atoms. The highest BCUT2D eigenvalue weighted by Crippen LogP contribution is 2.36. The summed E-state index contributed by atoms with van der Waals surface area (Å²) in [5.41, 5.74) is 0.816. The van der Waals surface area contributed by atoms with Crippen LogP contribution in [0.1, 0.15) is 23.1 Å². The number of hydrogen-bond donors (Lipinski definition) is 2. The first kappa shape index (κ1) is 19.8. The molecule has 2 aromatic carbocycles. The van der Waals surface area contributed by atoms with Crippen LogP contribution in [0.4, 0.5) is 18.9 Å². The summed E-state index contributed by atoms with van der Waals surface area (Å²) in [7, 11) is 0. The number of nitrogens with one attached hydrogen (secondary N) is 2. The fourth-order valence-electron chi connectivity index (χ4n) is 2.14. The molecule has 0 atom stereocenters. The van der Waals surface area contributed by atoms with Gasteiger partial charge >= 0.3 is 6.18 Å². The van der Waals surface area contributed by atoms with Gasteiger partial charge in [-0.25, -0.2) is 0 Å². The molecule has 2 aromatic rings. The van der Waals surface area contributed by atoms with E-state index in [-0.39, 0.29) is 12.2 Å². The molecule has 0 aromatic heterocycles. The second-order valence-electron chi connectivity index (χ2n) is 5.68. The normalized spacial score (nSPS) is 11.1. The predicted molar refractivity (Wildman–Crippen MR) is 92.7 cm³/mol. The topological polar surface area (TPSA) is 58.2 Å². The Labute approximate surface area is 153 Å². The average molecular weight is 385 g/mol. The second kappa shape index (κ2) is 8.23. The zero-order valence-electron chi connectivity index (χ0n) is 13.8. The number of benzene rings is 2. The Hall–Kier alpha value is -2.54. The summed E-state index contributed by atoms with van der Waals surface area (Å²) in [5, 5.41) is 4.37. The van der Waals surface area contributed by atoms with Crippen LogP contribution in [-0.4, -0.2) is 11.8 Å².